The molecule has 0 fully saturated rings. The summed E-state index contributed by atoms with van der Waals surface area (Å²) in [5.41, 5.74) is 0.375. The molecule has 0 saturated carbocycles. The van der Waals surface area contributed by atoms with Gasteiger partial charge < -0.3 is 10.2 Å². The van der Waals surface area contributed by atoms with E-state index in [4.69, 9.17) is 0 Å². The summed E-state index contributed by atoms with van der Waals surface area (Å²) in [5, 5.41) is 3.10. The van der Waals surface area contributed by atoms with Gasteiger partial charge in [-0.2, -0.15) is 0 Å². The van der Waals surface area contributed by atoms with Crippen molar-refractivity contribution in [3.63, 3.8) is 0 Å². The van der Waals surface area contributed by atoms with Crippen molar-refractivity contribution in [2.75, 3.05) is 29.9 Å². The molecule has 0 heterocycles. The number of hydrogen-bond donors (Lipinski definition) is 1. The topological polar surface area (TPSA) is 49.4 Å². The average molecular weight is 240 g/mol. The second kappa shape index (κ2) is 5.84. The highest BCUT2D eigenvalue weighted by Crippen LogP contribution is 2.19. The molecule has 1 N–H and O–H groups in total. The smallest absolute Gasteiger partial charge is 0.253 e. The zero-order valence-corrected chi connectivity index (χ0v) is 11.2. The summed E-state index contributed by atoms with van der Waals surface area (Å²) in [6, 6.07) is 0. The van der Waals surface area contributed by atoms with E-state index in [1.807, 2.05) is 18.7 Å². The van der Waals surface area contributed by atoms with Gasteiger partial charge in [-0.1, -0.05) is 13.8 Å². The molecule has 98 valence electrons. The van der Waals surface area contributed by atoms with E-state index in [-0.39, 0.29) is 12.3 Å². The highest BCUT2D eigenvalue weighted by Gasteiger charge is 2.23. The Labute approximate surface area is 104 Å². The normalized spacial score (nSPS) is 11.1. The number of nitrogens with one attached hydrogen (secondary N) is 1. The summed E-state index contributed by atoms with van der Waals surface area (Å²) in [5.74, 6) is 0.589. The van der Waals surface area contributed by atoms with Gasteiger partial charge >= 0.3 is 0 Å². The van der Waals surface area contributed by atoms with Crippen LogP contribution in [0.5, 0.6) is 0 Å². The van der Waals surface area contributed by atoms with Gasteiger partial charge in [0.05, 0.1) is 0 Å². The lowest BCUT2D eigenvalue weighted by molar-refractivity contribution is 0.607. The maximum absolute atomic E-state index is 11.5. The van der Waals surface area contributed by atoms with Crippen molar-refractivity contribution in [3.05, 3.63) is 20.4 Å². The van der Waals surface area contributed by atoms with Crippen LogP contribution in [0.1, 0.15) is 35.5 Å². The molecule has 17 heavy (non-hydrogen) atoms. The van der Waals surface area contributed by atoms with Gasteiger partial charge in [0, 0.05) is 21.1 Å². The maximum atomic E-state index is 11.5. The van der Waals surface area contributed by atoms with Gasteiger partial charge in [0.15, 0.2) is 0 Å². The Kier molecular flexibility index (Phi) is 4.73. The molecule has 0 unspecified atom stereocenters. The first-order valence-electron chi connectivity index (χ1n) is 6.35. The van der Waals surface area contributed by atoms with Gasteiger partial charge in [0.2, 0.25) is 0 Å². The Morgan fingerprint density at radius 1 is 1.18 bits per heavy atom. The molecule has 1 rings (SSSR count). The number of hydrogen-bond acceptors (Lipinski definition) is 4. The van der Waals surface area contributed by atoms with E-state index in [0.717, 1.165) is 26.1 Å². The van der Waals surface area contributed by atoms with Crippen LogP contribution in [0.25, 0.3) is 0 Å². The molecule has 0 aromatic heterocycles. The maximum Gasteiger partial charge on any atom is 0.253 e. The van der Waals surface area contributed by atoms with E-state index < -0.39 is 0 Å². The average Bonchev–Trinajstić information content (AvgIpc) is 2.31. The van der Waals surface area contributed by atoms with E-state index in [2.05, 4.69) is 19.2 Å². The lowest BCUT2D eigenvalue weighted by Crippen LogP contribution is -2.42. The van der Waals surface area contributed by atoms with E-state index in [1.165, 1.54) is 0 Å². The minimum absolute atomic E-state index is 0. The molecule has 0 amide bonds. The molecule has 0 atom stereocenters. The van der Waals surface area contributed by atoms with Crippen LogP contribution in [-0.4, -0.2) is 19.6 Å². The SMILES string of the molecule is CCN(CC)c1c(NCCC(C)C)c(=O)c1=O.[HH]. The van der Waals surface area contributed by atoms with E-state index in [0.29, 0.717) is 17.3 Å². The monoisotopic (exact) mass is 240 g/mol. The molecule has 0 saturated heterocycles. The second-order valence-electron chi connectivity index (χ2n) is 4.66. The van der Waals surface area contributed by atoms with Gasteiger partial charge in [0.25, 0.3) is 10.9 Å². The van der Waals surface area contributed by atoms with Gasteiger partial charge in [-0.3, -0.25) is 9.59 Å². The highest BCUT2D eigenvalue weighted by molar-refractivity contribution is 5.75. The quantitative estimate of drug-likeness (QED) is 0.739. The highest BCUT2D eigenvalue weighted by atomic mass is 16.2. The van der Waals surface area contributed by atoms with Crippen LogP contribution in [0.3, 0.4) is 0 Å². The minimum atomic E-state index is -0.365. The molecule has 1 aromatic carbocycles. The minimum Gasteiger partial charge on any atom is -0.380 e. The molecule has 0 aliphatic heterocycles. The molecule has 0 radical (unpaired) electrons. The summed E-state index contributed by atoms with van der Waals surface area (Å²) in [6.45, 7) is 10.5. The van der Waals surface area contributed by atoms with Crippen LogP contribution in [-0.2, 0) is 0 Å². The van der Waals surface area contributed by atoms with E-state index in [9.17, 15) is 9.59 Å². The molecule has 1 aromatic rings. The summed E-state index contributed by atoms with van der Waals surface area (Å²) in [7, 11) is 0. The third-order valence-electron chi connectivity index (χ3n) is 2.99. The predicted octanol–water partition coefficient (Wildman–Crippen LogP) is 1.83. The summed E-state index contributed by atoms with van der Waals surface area (Å²) in [6.07, 6.45) is 0.997. The van der Waals surface area contributed by atoms with Crippen LogP contribution in [0.15, 0.2) is 9.59 Å². The first kappa shape index (κ1) is 13.7. The van der Waals surface area contributed by atoms with E-state index in [1.54, 1.807) is 0 Å². The van der Waals surface area contributed by atoms with Crippen LogP contribution < -0.4 is 21.1 Å². The fourth-order valence-electron chi connectivity index (χ4n) is 1.87. The standard InChI is InChI=1S/C13H22N2O2.H2/c1-5-15(6-2)11-10(12(16)13(11)17)14-8-7-9(3)4;/h9,14H,5-8H2,1-4H3;1H. The van der Waals surface area contributed by atoms with Gasteiger partial charge in [-0.05, 0) is 26.2 Å². The molecule has 0 spiro atoms. The van der Waals surface area contributed by atoms with Crippen molar-refractivity contribution in [1.29, 1.82) is 0 Å². The number of anilines is 2. The Hall–Kier alpha value is -1.32. The largest absolute Gasteiger partial charge is 0.380 e. The third-order valence-corrected chi connectivity index (χ3v) is 2.99. The summed E-state index contributed by atoms with van der Waals surface area (Å²) < 4.78 is 0. The second-order valence-corrected chi connectivity index (χ2v) is 4.66. The fraction of sp³-hybridized carbons (Fsp3) is 0.692. The first-order valence-corrected chi connectivity index (χ1v) is 6.35. The molecular weight excluding hydrogens is 216 g/mol. The summed E-state index contributed by atoms with van der Waals surface area (Å²) >= 11 is 0. The predicted molar refractivity (Wildman–Crippen MR) is 75.0 cm³/mol. The van der Waals surface area contributed by atoms with Crippen molar-refractivity contribution in [2.24, 2.45) is 5.92 Å². The fourth-order valence-corrected chi connectivity index (χ4v) is 1.87. The Morgan fingerprint density at radius 3 is 2.24 bits per heavy atom. The first-order chi connectivity index (χ1) is 8.02. The van der Waals surface area contributed by atoms with Gasteiger partial charge in [-0.25, -0.2) is 0 Å². The number of rotatable bonds is 7. The molecule has 0 bridgehead atoms. The zero-order valence-electron chi connectivity index (χ0n) is 11.2. The van der Waals surface area contributed by atoms with Gasteiger partial charge in [-0.15, -0.1) is 0 Å². The molecule has 4 nitrogen and oxygen atoms in total. The molecule has 0 aliphatic carbocycles. The van der Waals surface area contributed by atoms with Crippen molar-refractivity contribution in [2.45, 2.75) is 34.1 Å². The summed E-state index contributed by atoms with van der Waals surface area (Å²) in [4.78, 5) is 25.0. The van der Waals surface area contributed by atoms with Crippen molar-refractivity contribution in [3.8, 4) is 0 Å². The Bertz CT molecular complexity index is 432. The third kappa shape index (κ3) is 2.87. The molecule has 0 aliphatic rings. The lowest BCUT2D eigenvalue weighted by atomic mass is 10.1. The molecular formula is C13H24N2O2. The van der Waals surface area contributed by atoms with Crippen LogP contribution in [0.2, 0.25) is 0 Å². The van der Waals surface area contributed by atoms with Gasteiger partial charge in [0.1, 0.15) is 11.4 Å². The molecule has 4 heteroatoms. The van der Waals surface area contributed by atoms with Crippen LogP contribution in [0, 0.1) is 5.92 Å². The van der Waals surface area contributed by atoms with E-state index >= 15 is 0 Å². The van der Waals surface area contributed by atoms with Crippen LogP contribution in [0.4, 0.5) is 11.4 Å². The lowest BCUT2D eigenvalue weighted by Gasteiger charge is -2.25. The Morgan fingerprint density at radius 2 is 1.76 bits per heavy atom. The van der Waals surface area contributed by atoms with Crippen molar-refractivity contribution >= 4 is 11.4 Å². The Balaban J connectivity index is 0.00000289. The van der Waals surface area contributed by atoms with Crippen LogP contribution >= 0.6 is 0 Å². The number of nitrogens with zero attached hydrogens (tertiary/aromatic N) is 1. The zero-order chi connectivity index (χ0) is 13.0. The van der Waals surface area contributed by atoms with Crippen molar-refractivity contribution < 1.29 is 1.43 Å². The van der Waals surface area contributed by atoms with Crippen molar-refractivity contribution in [1.82, 2.24) is 0 Å².